The van der Waals surface area contributed by atoms with Gasteiger partial charge in [0.05, 0.1) is 0 Å². The minimum atomic E-state index is -0.108. The number of nitrogens with one attached hydrogen (secondary N) is 1. The summed E-state index contributed by atoms with van der Waals surface area (Å²) in [4.78, 5) is 27.5. The van der Waals surface area contributed by atoms with Crippen molar-refractivity contribution in [2.24, 2.45) is 5.92 Å². The predicted octanol–water partition coefficient (Wildman–Crippen LogP) is 5.23. The maximum Gasteiger partial charge on any atom is 0.246 e. The number of nitrogens with zero attached hydrogens (tertiary/aromatic N) is 2. The monoisotopic (exact) mass is 477 g/mol. The average Bonchev–Trinajstić information content (AvgIpc) is 3.46. The number of likely N-dealkylation sites (tertiary alicyclic amines) is 1. The fourth-order valence-corrected chi connectivity index (χ4v) is 5.72. The van der Waals surface area contributed by atoms with Crippen LogP contribution in [0.25, 0.3) is 6.08 Å². The van der Waals surface area contributed by atoms with Crippen LogP contribution in [-0.4, -0.2) is 41.2 Å². The highest BCUT2D eigenvalue weighted by Gasteiger charge is 2.27. The highest BCUT2D eigenvalue weighted by molar-refractivity contribution is 5.94. The van der Waals surface area contributed by atoms with Crippen LogP contribution in [0.2, 0.25) is 0 Å². The Kier molecular flexibility index (Phi) is 6.84. The molecule has 186 valence electrons. The van der Waals surface area contributed by atoms with Gasteiger partial charge in [-0.3, -0.25) is 9.59 Å². The lowest BCUT2D eigenvalue weighted by atomic mass is 9.95. The lowest BCUT2D eigenvalue weighted by Gasteiger charge is -2.30. The molecule has 3 aliphatic rings. The number of carbonyl (C=O) groups excluding carboxylic acids is 2. The molecule has 1 aromatic heterocycles. The number of rotatable bonds is 5. The number of piperidine rings is 1. The molecule has 7 heteroatoms. The van der Waals surface area contributed by atoms with Gasteiger partial charge < -0.3 is 24.3 Å². The molecule has 1 aromatic carbocycles. The maximum absolute atomic E-state index is 12.9. The number of carbonyl (C=O) groups is 2. The summed E-state index contributed by atoms with van der Waals surface area (Å²) >= 11 is 0. The van der Waals surface area contributed by atoms with Crippen molar-refractivity contribution >= 4 is 23.6 Å². The molecule has 2 aromatic rings. The van der Waals surface area contributed by atoms with Crippen LogP contribution in [0.5, 0.6) is 11.5 Å². The van der Waals surface area contributed by atoms with Crippen LogP contribution in [0.3, 0.4) is 0 Å². The van der Waals surface area contributed by atoms with Gasteiger partial charge in [-0.1, -0.05) is 19.3 Å². The molecule has 0 spiro atoms. The molecular weight excluding hydrogens is 442 g/mol. The molecule has 2 fully saturated rings. The topological polar surface area (TPSA) is 72.8 Å². The van der Waals surface area contributed by atoms with E-state index in [0.29, 0.717) is 49.2 Å². The van der Waals surface area contributed by atoms with Crippen LogP contribution in [-0.2, 0) is 9.59 Å². The molecule has 0 bridgehead atoms. The Labute approximate surface area is 207 Å². The Morgan fingerprint density at radius 1 is 0.971 bits per heavy atom. The number of amides is 2. The van der Waals surface area contributed by atoms with Gasteiger partial charge in [-0.25, -0.2) is 0 Å². The maximum atomic E-state index is 12.9. The van der Waals surface area contributed by atoms with Crippen molar-refractivity contribution in [2.45, 2.75) is 64.8 Å². The van der Waals surface area contributed by atoms with Gasteiger partial charge >= 0.3 is 0 Å². The molecule has 1 aliphatic carbocycles. The quantitative estimate of drug-likeness (QED) is 0.599. The van der Waals surface area contributed by atoms with Crippen molar-refractivity contribution in [1.82, 2.24) is 9.47 Å². The van der Waals surface area contributed by atoms with Crippen molar-refractivity contribution in [3.05, 3.63) is 47.3 Å². The fraction of sp³-hybridized carbons (Fsp3) is 0.500. The molecule has 0 atom stereocenters. The van der Waals surface area contributed by atoms with Gasteiger partial charge in [0.25, 0.3) is 0 Å². The van der Waals surface area contributed by atoms with Gasteiger partial charge in [0.15, 0.2) is 11.5 Å². The van der Waals surface area contributed by atoms with Gasteiger partial charge in [-0.2, -0.15) is 0 Å². The summed E-state index contributed by atoms with van der Waals surface area (Å²) in [6, 6.07) is 8.19. The average molecular weight is 478 g/mol. The van der Waals surface area contributed by atoms with E-state index in [1.54, 1.807) is 18.2 Å². The second-order valence-corrected chi connectivity index (χ2v) is 9.98. The van der Waals surface area contributed by atoms with E-state index in [9.17, 15) is 9.59 Å². The Hall–Kier alpha value is -3.22. The molecular formula is C28H35N3O4. The Morgan fingerprint density at radius 3 is 2.49 bits per heavy atom. The van der Waals surface area contributed by atoms with Gasteiger partial charge in [-0.05, 0) is 69.4 Å². The number of ether oxygens (including phenoxy) is 2. The van der Waals surface area contributed by atoms with E-state index in [0.717, 1.165) is 5.56 Å². The Bertz CT molecular complexity index is 1120. The van der Waals surface area contributed by atoms with E-state index < -0.39 is 0 Å². The normalized spacial score (nSPS) is 18.9. The number of anilines is 1. The van der Waals surface area contributed by atoms with E-state index >= 15 is 0 Å². The Morgan fingerprint density at radius 2 is 1.71 bits per heavy atom. The number of aryl methyl sites for hydroxylation is 1. The third-order valence-corrected chi connectivity index (χ3v) is 7.69. The second kappa shape index (κ2) is 10.2. The third kappa shape index (κ3) is 5.09. The van der Waals surface area contributed by atoms with Crippen molar-refractivity contribution < 1.29 is 19.1 Å². The van der Waals surface area contributed by atoms with Crippen LogP contribution in [0.1, 0.15) is 67.9 Å². The van der Waals surface area contributed by atoms with E-state index in [-0.39, 0.29) is 24.5 Å². The standard InChI is InChI=1S/C28H35N3O4/c1-19-16-22(20(2)31(19)24-6-4-3-5-7-24)8-11-27(32)30-14-12-21(13-15-30)28(33)29-23-9-10-25-26(17-23)35-18-34-25/h8-11,16-17,21,24H,3-7,12-15,18H2,1-2H3,(H,29,33). The number of benzene rings is 1. The molecule has 2 aliphatic heterocycles. The first kappa shape index (κ1) is 23.5. The van der Waals surface area contributed by atoms with Crippen molar-refractivity contribution in [3.8, 4) is 11.5 Å². The largest absolute Gasteiger partial charge is 0.454 e. The lowest BCUT2D eigenvalue weighted by Crippen LogP contribution is -2.40. The smallest absolute Gasteiger partial charge is 0.246 e. The summed E-state index contributed by atoms with van der Waals surface area (Å²) in [7, 11) is 0. The number of fused-ring (bicyclic) bond motifs is 1. The minimum absolute atomic E-state index is 0.0124. The predicted molar refractivity (Wildman–Crippen MR) is 136 cm³/mol. The zero-order valence-electron chi connectivity index (χ0n) is 20.7. The summed E-state index contributed by atoms with van der Waals surface area (Å²) in [5, 5.41) is 2.98. The van der Waals surface area contributed by atoms with Crippen molar-refractivity contribution in [1.29, 1.82) is 0 Å². The molecule has 7 nitrogen and oxygen atoms in total. The summed E-state index contributed by atoms with van der Waals surface area (Å²) in [6.45, 7) is 5.71. The van der Waals surface area contributed by atoms with Gasteiger partial charge in [0, 0.05) is 54.3 Å². The van der Waals surface area contributed by atoms with Crippen LogP contribution in [0.4, 0.5) is 5.69 Å². The lowest BCUT2D eigenvalue weighted by molar-refractivity contribution is -0.130. The molecule has 2 amide bonds. The highest BCUT2D eigenvalue weighted by Crippen LogP contribution is 2.35. The number of hydrogen-bond acceptors (Lipinski definition) is 4. The summed E-state index contributed by atoms with van der Waals surface area (Å²) < 4.78 is 13.2. The highest BCUT2D eigenvalue weighted by atomic mass is 16.7. The summed E-state index contributed by atoms with van der Waals surface area (Å²) in [5.41, 5.74) is 4.35. The Balaban J connectivity index is 1.14. The molecule has 0 unspecified atom stereocenters. The van der Waals surface area contributed by atoms with Crippen LogP contribution in [0.15, 0.2) is 30.3 Å². The number of hydrogen-bond donors (Lipinski definition) is 1. The zero-order chi connectivity index (χ0) is 24.4. The SMILES string of the molecule is Cc1cc(C=CC(=O)N2CCC(C(=O)Nc3ccc4c(c3)OCO4)CC2)c(C)n1C1CCCCC1. The molecule has 0 radical (unpaired) electrons. The summed E-state index contributed by atoms with van der Waals surface area (Å²) in [6.07, 6.45) is 11.4. The van der Waals surface area contributed by atoms with E-state index in [2.05, 4.69) is 29.8 Å². The molecule has 35 heavy (non-hydrogen) atoms. The van der Waals surface area contributed by atoms with Crippen molar-refractivity contribution in [2.75, 3.05) is 25.2 Å². The van der Waals surface area contributed by atoms with Crippen LogP contribution in [0, 0.1) is 19.8 Å². The minimum Gasteiger partial charge on any atom is -0.454 e. The third-order valence-electron chi connectivity index (χ3n) is 7.69. The van der Waals surface area contributed by atoms with Gasteiger partial charge in [0.1, 0.15) is 0 Å². The zero-order valence-corrected chi connectivity index (χ0v) is 20.7. The van der Waals surface area contributed by atoms with E-state index in [1.807, 2.05) is 17.0 Å². The molecule has 3 heterocycles. The first-order chi connectivity index (χ1) is 17.0. The first-order valence-electron chi connectivity index (χ1n) is 12.9. The van der Waals surface area contributed by atoms with Crippen LogP contribution >= 0.6 is 0 Å². The van der Waals surface area contributed by atoms with Crippen molar-refractivity contribution in [3.63, 3.8) is 0 Å². The molecule has 1 saturated carbocycles. The van der Waals surface area contributed by atoms with E-state index in [4.69, 9.17) is 9.47 Å². The molecule has 5 rings (SSSR count). The fourth-order valence-electron chi connectivity index (χ4n) is 5.72. The molecule has 1 saturated heterocycles. The van der Waals surface area contributed by atoms with E-state index in [1.165, 1.54) is 43.5 Å². The molecule has 1 N–H and O–H groups in total. The first-order valence-corrected chi connectivity index (χ1v) is 12.9. The second-order valence-electron chi connectivity index (χ2n) is 9.98. The summed E-state index contributed by atoms with van der Waals surface area (Å²) in [5.74, 6) is 1.24. The van der Waals surface area contributed by atoms with Gasteiger partial charge in [0.2, 0.25) is 18.6 Å². The van der Waals surface area contributed by atoms with Gasteiger partial charge in [-0.15, -0.1) is 0 Å². The van der Waals surface area contributed by atoms with Crippen LogP contribution < -0.4 is 14.8 Å². The number of aromatic nitrogens is 1.